The Morgan fingerprint density at radius 2 is 2.18 bits per heavy atom. The number of ether oxygens (including phenoxy) is 1. The van der Waals surface area contributed by atoms with Crippen LogP contribution in [-0.2, 0) is 11.3 Å². The average molecular weight is 229 g/mol. The molecule has 2 heterocycles. The van der Waals surface area contributed by atoms with E-state index in [2.05, 4.69) is 10.3 Å². The van der Waals surface area contributed by atoms with E-state index in [0.717, 1.165) is 37.4 Å². The Morgan fingerprint density at radius 3 is 2.94 bits per heavy atom. The molecule has 1 atom stereocenters. The molecule has 1 aliphatic heterocycles. The van der Waals surface area contributed by atoms with Crippen LogP contribution in [-0.4, -0.2) is 28.2 Å². The molecule has 0 saturated carbocycles. The monoisotopic (exact) mass is 229 g/mol. The lowest BCUT2D eigenvalue weighted by atomic mass is 10.1. The van der Waals surface area contributed by atoms with Crippen LogP contribution in [0, 0.1) is 5.92 Å². The predicted molar refractivity (Wildman–Crippen MR) is 64.4 cm³/mol. The predicted octanol–water partition coefficient (Wildman–Crippen LogP) is 1.98. The summed E-state index contributed by atoms with van der Waals surface area (Å²) in [4.78, 5) is 0. The molecule has 0 spiro atoms. The van der Waals surface area contributed by atoms with Crippen molar-refractivity contribution in [2.75, 3.05) is 13.2 Å². The molecule has 3 rings (SSSR count). The van der Waals surface area contributed by atoms with Crippen molar-refractivity contribution >= 4 is 0 Å². The van der Waals surface area contributed by atoms with Gasteiger partial charge >= 0.3 is 0 Å². The van der Waals surface area contributed by atoms with E-state index < -0.39 is 0 Å². The fourth-order valence-corrected chi connectivity index (χ4v) is 2.12. The first-order valence-corrected chi connectivity index (χ1v) is 5.95. The van der Waals surface area contributed by atoms with Gasteiger partial charge in [0.25, 0.3) is 0 Å². The number of aromatic nitrogens is 3. The number of hydrogen-bond donors (Lipinski definition) is 0. The first-order chi connectivity index (χ1) is 8.42. The highest BCUT2D eigenvalue weighted by atomic mass is 16.5. The van der Waals surface area contributed by atoms with Crippen molar-refractivity contribution in [1.82, 2.24) is 15.0 Å². The molecule has 0 N–H and O–H groups in total. The number of hydrogen-bond acceptors (Lipinski definition) is 3. The van der Waals surface area contributed by atoms with Gasteiger partial charge in [-0.1, -0.05) is 35.5 Å². The van der Waals surface area contributed by atoms with Gasteiger partial charge in [0.2, 0.25) is 0 Å². The molecule has 1 saturated heterocycles. The second-order valence-electron chi connectivity index (χ2n) is 4.42. The number of rotatable bonds is 3. The molecule has 2 aromatic rings. The maximum atomic E-state index is 5.36. The fourth-order valence-electron chi connectivity index (χ4n) is 2.12. The summed E-state index contributed by atoms with van der Waals surface area (Å²) in [6.45, 7) is 2.63. The second kappa shape index (κ2) is 4.67. The SMILES string of the molecule is c1ccc(-c2cn(C[C@@H]3CCOC3)nn2)cc1. The Kier molecular flexibility index (Phi) is 2.88. The normalized spacial score (nSPS) is 19.6. The van der Waals surface area contributed by atoms with Crippen molar-refractivity contribution in [3.63, 3.8) is 0 Å². The Hall–Kier alpha value is -1.68. The van der Waals surface area contributed by atoms with Crippen molar-refractivity contribution in [3.05, 3.63) is 36.5 Å². The van der Waals surface area contributed by atoms with Crippen molar-refractivity contribution in [2.45, 2.75) is 13.0 Å². The highest BCUT2D eigenvalue weighted by molar-refractivity contribution is 5.57. The van der Waals surface area contributed by atoms with E-state index in [4.69, 9.17) is 4.74 Å². The van der Waals surface area contributed by atoms with Crippen LogP contribution < -0.4 is 0 Å². The Labute approximate surface area is 100 Å². The third kappa shape index (κ3) is 2.36. The lowest BCUT2D eigenvalue weighted by molar-refractivity contribution is 0.181. The number of nitrogens with zero attached hydrogens (tertiary/aromatic N) is 3. The van der Waals surface area contributed by atoms with E-state index in [1.165, 1.54) is 0 Å². The first kappa shape index (κ1) is 10.5. The maximum absolute atomic E-state index is 5.36. The summed E-state index contributed by atoms with van der Waals surface area (Å²) < 4.78 is 7.28. The van der Waals surface area contributed by atoms with Gasteiger partial charge in [-0.05, 0) is 6.42 Å². The van der Waals surface area contributed by atoms with Crippen LogP contribution in [0.5, 0.6) is 0 Å². The van der Waals surface area contributed by atoms with Gasteiger partial charge in [0.1, 0.15) is 5.69 Å². The number of benzene rings is 1. The molecular weight excluding hydrogens is 214 g/mol. The summed E-state index contributed by atoms with van der Waals surface area (Å²) in [7, 11) is 0. The highest BCUT2D eigenvalue weighted by Crippen LogP contribution is 2.17. The molecule has 0 unspecified atom stereocenters. The van der Waals surface area contributed by atoms with Crippen LogP contribution >= 0.6 is 0 Å². The van der Waals surface area contributed by atoms with E-state index in [9.17, 15) is 0 Å². The molecule has 17 heavy (non-hydrogen) atoms. The summed E-state index contributed by atoms with van der Waals surface area (Å²) in [6, 6.07) is 10.1. The van der Waals surface area contributed by atoms with Gasteiger partial charge in [-0.3, -0.25) is 4.68 Å². The van der Waals surface area contributed by atoms with Crippen molar-refractivity contribution in [2.24, 2.45) is 5.92 Å². The first-order valence-electron chi connectivity index (χ1n) is 5.95. The third-order valence-electron chi connectivity index (χ3n) is 3.08. The minimum absolute atomic E-state index is 0.584. The largest absolute Gasteiger partial charge is 0.381 e. The summed E-state index contributed by atoms with van der Waals surface area (Å²) in [5.74, 6) is 0.584. The van der Waals surface area contributed by atoms with Crippen LogP contribution in [0.25, 0.3) is 11.3 Å². The average Bonchev–Trinajstić information content (AvgIpc) is 3.02. The molecule has 88 valence electrons. The van der Waals surface area contributed by atoms with Crippen LogP contribution in [0.4, 0.5) is 0 Å². The molecule has 0 amide bonds. The van der Waals surface area contributed by atoms with E-state index in [-0.39, 0.29) is 0 Å². The summed E-state index contributed by atoms with van der Waals surface area (Å²) >= 11 is 0. The van der Waals surface area contributed by atoms with Gasteiger partial charge in [0.15, 0.2) is 0 Å². The topological polar surface area (TPSA) is 39.9 Å². The van der Waals surface area contributed by atoms with Crippen molar-refractivity contribution in [1.29, 1.82) is 0 Å². The molecule has 1 aromatic heterocycles. The summed E-state index contributed by atoms with van der Waals surface area (Å²) in [6.07, 6.45) is 3.13. The molecule has 1 fully saturated rings. The third-order valence-corrected chi connectivity index (χ3v) is 3.08. The zero-order valence-corrected chi connectivity index (χ0v) is 9.62. The van der Waals surface area contributed by atoms with Crippen LogP contribution in [0.1, 0.15) is 6.42 Å². The molecule has 4 nitrogen and oxygen atoms in total. The van der Waals surface area contributed by atoms with Gasteiger partial charge in [-0.15, -0.1) is 5.10 Å². The van der Waals surface area contributed by atoms with Crippen molar-refractivity contribution in [3.8, 4) is 11.3 Å². The minimum Gasteiger partial charge on any atom is -0.381 e. The van der Waals surface area contributed by atoms with Gasteiger partial charge in [0.05, 0.1) is 12.8 Å². The molecule has 1 aromatic carbocycles. The second-order valence-corrected chi connectivity index (χ2v) is 4.42. The lowest BCUT2D eigenvalue weighted by Gasteiger charge is -2.05. The molecule has 0 aliphatic carbocycles. The molecular formula is C13H15N3O. The quantitative estimate of drug-likeness (QED) is 0.808. The van der Waals surface area contributed by atoms with Gasteiger partial charge in [0, 0.05) is 24.6 Å². The van der Waals surface area contributed by atoms with Gasteiger partial charge in [-0.2, -0.15) is 0 Å². The van der Waals surface area contributed by atoms with E-state index in [0.29, 0.717) is 5.92 Å². The Balaban J connectivity index is 1.74. The molecule has 0 radical (unpaired) electrons. The molecule has 0 bridgehead atoms. The Bertz CT molecular complexity index is 474. The zero-order chi connectivity index (χ0) is 11.5. The van der Waals surface area contributed by atoms with Crippen molar-refractivity contribution < 1.29 is 4.74 Å². The summed E-state index contributed by atoms with van der Waals surface area (Å²) in [5.41, 5.74) is 2.05. The van der Waals surface area contributed by atoms with Gasteiger partial charge in [-0.25, -0.2) is 0 Å². The van der Waals surface area contributed by atoms with Crippen LogP contribution in [0.15, 0.2) is 36.5 Å². The van der Waals surface area contributed by atoms with E-state index >= 15 is 0 Å². The van der Waals surface area contributed by atoms with E-state index in [1.54, 1.807) is 0 Å². The zero-order valence-electron chi connectivity index (χ0n) is 9.62. The fraction of sp³-hybridized carbons (Fsp3) is 0.385. The highest BCUT2D eigenvalue weighted by Gasteiger charge is 2.16. The Morgan fingerprint density at radius 1 is 1.29 bits per heavy atom. The van der Waals surface area contributed by atoms with Crippen LogP contribution in [0.3, 0.4) is 0 Å². The lowest BCUT2D eigenvalue weighted by Crippen LogP contribution is -2.10. The van der Waals surface area contributed by atoms with E-state index in [1.807, 2.05) is 41.2 Å². The molecule has 4 heteroatoms. The summed E-state index contributed by atoms with van der Waals surface area (Å²) in [5, 5.41) is 8.37. The maximum Gasteiger partial charge on any atom is 0.113 e. The smallest absolute Gasteiger partial charge is 0.113 e. The standard InChI is InChI=1S/C13H15N3O/c1-2-4-12(5-3-1)13-9-16(15-14-13)8-11-6-7-17-10-11/h1-5,9,11H,6-8,10H2/t11-/m0/s1. The van der Waals surface area contributed by atoms with Crippen LogP contribution in [0.2, 0.25) is 0 Å². The van der Waals surface area contributed by atoms with Gasteiger partial charge < -0.3 is 4.74 Å². The molecule has 1 aliphatic rings. The minimum atomic E-state index is 0.584.